The van der Waals surface area contributed by atoms with E-state index in [9.17, 15) is 0 Å². The first-order chi connectivity index (χ1) is 12.8. The zero-order valence-electron chi connectivity index (χ0n) is 16.1. The van der Waals surface area contributed by atoms with Gasteiger partial charge in [-0.05, 0) is 48.9 Å². The van der Waals surface area contributed by atoms with Gasteiger partial charge < -0.3 is 14.2 Å². The Labute approximate surface area is 162 Å². The summed E-state index contributed by atoms with van der Waals surface area (Å²) in [5, 5.41) is 2.15. The lowest BCUT2D eigenvalue weighted by Gasteiger charge is -2.14. The van der Waals surface area contributed by atoms with Gasteiger partial charge in [-0.15, -0.1) is 11.6 Å². The van der Waals surface area contributed by atoms with Crippen molar-refractivity contribution < 1.29 is 14.2 Å². The molecule has 0 unspecified atom stereocenters. The first-order valence-electron chi connectivity index (χ1n) is 9.72. The van der Waals surface area contributed by atoms with Gasteiger partial charge in [-0.3, -0.25) is 0 Å². The van der Waals surface area contributed by atoms with Gasteiger partial charge in [0.05, 0.1) is 20.3 Å². The van der Waals surface area contributed by atoms with Crippen LogP contribution >= 0.6 is 11.6 Å². The van der Waals surface area contributed by atoms with Crippen molar-refractivity contribution in [2.45, 2.75) is 51.9 Å². The van der Waals surface area contributed by atoms with Crippen LogP contribution in [0.1, 0.15) is 51.9 Å². The van der Waals surface area contributed by atoms with E-state index >= 15 is 0 Å². The largest absolute Gasteiger partial charge is 0.494 e. The summed E-state index contributed by atoms with van der Waals surface area (Å²) in [6.45, 7) is 3.55. The Morgan fingerprint density at radius 2 is 1.62 bits per heavy atom. The van der Waals surface area contributed by atoms with Crippen molar-refractivity contribution in [1.29, 1.82) is 0 Å². The molecule has 0 aliphatic carbocycles. The van der Waals surface area contributed by atoms with Crippen LogP contribution in [0.4, 0.5) is 0 Å². The fourth-order valence-electron chi connectivity index (χ4n) is 2.98. The van der Waals surface area contributed by atoms with Gasteiger partial charge >= 0.3 is 0 Å². The molecule has 3 nitrogen and oxygen atoms in total. The number of alkyl halides is 1. The number of hydrogen-bond acceptors (Lipinski definition) is 3. The molecule has 0 aliphatic heterocycles. The maximum atomic E-state index is 5.98. The summed E-state index contributed by atoms with van der Waals surface area (Å²) in [4.78, 5) is 0. The van der Waals surface area contributed by atoms with Gasteiger partial charge in [-0.2, -0.15) is 0 Å². The van der Waals surface area contributed by atoms with Gasteiger partial charge in [0.2, 0.25) is 0 Å². The highest BCUT2D eigenvalue weighted by atomic mass is 35.5. The fourth-order valence-corrected chi connectivity index (χ4v) is 3.17. The maximum absolute atomic E-state index is 5.98. The third-order valence-electron chi connectivity index (χ3n) is 4.37. The standard InChI is InChI=1S/C22H31ClO3/c1-3-15-25-19-11-12-20-18(17-19)10-13-21(22(20)24-2)26-16-9-7-5-4-6-8-14-23/h10-13,17H,3-9,14-16H2,1-2H3. The van der Waals surface area contributed by atoms with E-state index in [1.165, 1.54) is 25.7 Å². The fraction of sp³-hybridized carbons (Fsp3) is 0.545. The Balaban J connectivity index is 1.91. The second-order valence-electron chi connectivity index (χ2n) is 6.49. The molecular weight excluding hydrogens is 348 g/mol. The average molecular weight is 379 g/mol. The zero-order chi connectivity index (χ0) is 18.6. The van der Waals surface area contributed by atoms with E-state index in [1.807, 2.05) is 18.2 Å². The van der Waals surface area contributed by atoms with Crippen LogP contribution in [0.5, 0.6) is 17.2 Å². The molecule has 4 heteroatoms. The lowest BCUT2D eigenvalue weighted by Crippen LogP contribution is -2.00. The van der Waals surface area contributed by atoms with E-state index in [0.717, 1.165) is 66.4 Å². The van der Waals surface area contributed by atoms with Crippen molar-refractivity contribution in [3.63, 3.8) is 0 Å². The van der Waals surface area contributed by atoms with E-state index < -0.39 is 0 Å². The number of fused-ring (bicyclic) bond motifs is 1. The van der Waals surface area contributed by atoms with Crippen molar-refractivity contribution >= 4 is 22.4 Å². The number of hydrogen-bond donors (Lipinski definition) is 0. The highest BCUT2D eigenvalue weighted by Gasteiger charge is 2.10. The van der Waals surface area contributed by atoms with Crippen molar-refractivity contribution in [1.82, 2.24) is 0 Å². The summed E-state index contributed by atoms with van der Waals surface area (Å²) < 4.78 is 17.3. The number of rotatable bonds is 13. The van der Waals surface area contributed by atoms with Crippen molar-refractivity contribution in [2.75, 3.05) is 26.2 Å². The molecule has 2 aromatic carbocycles. The van der Waals surface area contributed by atoms with Crippen molar-refractivity contribution in [3.8, 4) is 17.2 Å². The zero-order valence-corrected chi connectivity index (χ0v) is 16.8. The normalized spacial score (nSPS) is 10.9. The Bertz CT molecular complexity index is 657. The number of halogens is 1. The smallest absolute Gasteiger partial charge is 0.168 e. The Hall–Kier alpha value is -1.61. The van der Waals surface area contributed by atoms with Gasteiger partial charge in [-0.25, -0.2) is 0 Å². The molecule has 0 aromatic heterocycles. The highest BCUT2D eigenvalue weighted by Crippen LogP contribution is 2.37. The van der Waals surface area contributed by atoms with Crippen LogP contribution in [-0.4, -0.2) is 26.2 Å². The number of methoxy groups -OCH3 is 1. The molecule has 26 heavy (non-hydrogen) atoms. The van der Waals surface area contributed by atoms with Gasteiger partial charge in [0.25, 0.3) is 0 Å². The molecule has 0 atom stereocenters. The number of benzene rings is 2. The van der Waals surface area contributed by atoms with Crippen LogP contribution in [0.3, 0.4) is 0 Å². The summed E-state index contributed by atoms with van der Waals surface area (Å²) in [5.74, 6) is 3.28. The van der Waals surface area contributed by atoms with Crippen molar-refractivity contribution in [3.05, 3.63) is 30.3 Å². The minimum atomic E-state index is 0.717. The average Bonchev–Trinajstić information content (AvgIpc) is 2.67. The first kappa shape index (κ1) is 20.7. The van der Waals surface area contributed by atoms with Crippen LogP contribution in [0.15, 0.2) is 30.3 Å². The van der Waals surface area contributed by atoms with E-state index in [2.05, 4.69) is 19.1 Å². The molecule has 0 saturated carbocycles. The van der Waals surface area contributed by atoms with E-state index in [1.54, 1.807) is 7.11 Å². The first-order valence-corrected chi connectivity index (χ1v) is 10.3. The molecule has 0 fully saturated rings. The molecule has 0 bridgehead atoms. The topological polar surface area (TPSA) is 27.7 Å². The molecule has 0 N–H and O–H groups in total. The molecule has 144 valence electrons. The van der Waals surface area contributed by atoms with Gasteiger partial charge in [0.1, 0.15) is 5.75 Å². The maximum Gasteiger partial charge on any atom is 0.168 e. The quantitative estimate of drug-likeness (QED) is 0.290. The summed E-state index contributed by atoms with van der Waals surface area (Å²) in [6, 6.07) is 10.1. The van der Waals surface area contributed by atoms with Crippen LogP contribution in [0.2, 0.25) is 0 Å². The summed E-state index contributed by atoms with van der Waals surface area (Å²) in [5.41, 5.74) is 0. The van der Waals surface area contributed by atoms with Gasteiger partial charge in [-0.1, -0.05) is 38.7 Å². The third kappa shape index (κ3) is 6.28. The lowest BCUT2D eigenvalue weighted by molar-refractivity contribution is 0.286. The molecule has 0 spiro atoms. The van der Waals surface area contributed by atoms with Gasteiger partial charge in [0.15, 0.2) is 11.5 Å². The molecule has 2 aromatic rings. The predicted octanol–water partition coefficient (Wildman–Crippen LogP) is 6.60. The molecule has 2 rings (SSSR count). The minimum Gasteiger partial charge on any atom is -0.494 e. The van der Waals surface area contributed by atoms with Crippen LogP contribution in [0, 0.1) is 0 Å². The second-order valence-corrected chi connectivity index (χ2v) is 6.87. The monoisotopic (exact) mass is 378 g/mol. The predicted molar refractivity (Wildman–Crippen MR) is 110 cm³/mol. The Morgan fingerprint density at radius 3 is 2.35 bits per heavy atom. The minimum absolute atomic E-state index is 0.717. The summed E-state index contributed by atoms with van der Waals surface area (Å²) in [7, 11) is 1.69. The highest BCUT2D eigenvalue weighted by molar-refractivity contribution is 6.17. The Kier molecular flexibility index (Phi) is 9.47. The molecule has 0 amide bonds. The molecule has 0 saturated heterocycles. The SMILES string of the molecule is CCCOc1ccc2c(OC)c(OCCCCCCCCCl)ccc2c1. The number of ether oxygens (including phenoxy) is 3. The number of unbranched alkanes of at least 4 members (excludes halogenated alkanes) is 5. The van der Waals surface area contributed by atoms with E-state index in [0.29, 0.717) is 0 Å². The van der Waals surface area contributed by atoms with Gasteiger partial charge in [0, 0.05) is 11.3 Å². The summed E-state index contributed by atoms with van der Waals surface area (Å²) in [6.07, 6.45) is 8.11. The van der Waals surface area contributed by atoms with Crippen LogP contribution in [-0.2, 0) is 0 Å². The van der Waals surface area contributed by atoms with E-state index in [4.69, 9.17) is 25.8 Å². The molecule has 0 heterocycles. The lowest BCUT2D eigenvalue weighted by atomic mass is 10.1. The Morgan fingerprint density at radius 1 is 0.846 bits per heavy atom. The second kappa shape index (κ2) is 11.9. The summed E-state index contributed by atoms with van der Waals surface area (Å²) >= 11 is 5.69. The molecular formula is C22H31ClO3. The van der Waals surface area contributed by atoms with Crippen LogP contribution < -0.4 is 14.2 Å². The molecule has 0 radical (unpaired) electrons. The van der Waals surface area contributed by atoms with E-state index in [-0.39, 0.29) is 0 Å². The molecule has 0 aliphatic rings. The van der Waals surface area contributed by atoms with Crippen molar-refractivity contribution in [2.24, 2.45) is 0 Å². The van der Waals surface area contributed by atoms with Crippen LogP contribution in [0.25, 0.3) is 10.8 Å². The third-order valence-corrected chi connectivity index (χ3v) is 4.64.